The van der Waals surface area contributed by atoms with Gasteiger partial charge in [-0.1, -0.05) is 12.2 Å². The number of nitrogens with zero attached hydrogens (tertiary/aromatic N) is 2. The van der Waals surface area contributed by atoms with Crippen LogP contribution in [0.15, 0.2) is 18.3 Å². The van der Waals surface area contributed by atoms with E-state index in [0.717, 1.165) is 5.56 Å². The number of methoxy groups -OCH3 is 1. The highest BCUT2D eigenvalue weighted by atomic mass is 32.1. The van der Waals surface area contributed by atoms with Gasteiger partial charge in [-0.3, -0.25) is 0 Å². The molecule has 0 amide bonds. The van der Waals surface area contributed by atoms with Crippen LogP contribution in [-0.2, 0) is 14.3 Å². The average Bonchev–Trinajstić information content (AvgIpc) is 2.46. The maximum Gasteiger partial charge on any atom is 0.330 e. The summed E-state index contributed by atoms with van der Waals surface area (Å²) in [5.41, 5.74) is 6.32. The lowest BCUT2D eigenvalue weighted by Gasteiger charge is -2.34. The molecule has 6 nitrogen and oxygen atoms in total. The molecule has 0 aromatic carbocycles. The van der Waals surface area contributed by atoms with Crippen molar-refractivity contribution in [2.24, 2.45) is 5.73 Å². The fourth-order valence-electron chi connectivity index (χ4n) is 1.94. The Morgan fingerprint density at radius 2 is 2.47 bits per heavy atom. The number of ether oxygens (including phenoxy) is 2. The highest BCUT2D eigenvalue weighted by Crippen LogP contribution is 2.19. The summed E-state index contributed by atoms with van der Waals surface area (Å²) in [5, 5.41) is 0. The lowest BCUT2D eigenvalue weighted by molar-refractivity contribution is -0.144. The molecule has 0 radical (unpaired) electrons. The summed E-state index contributed by atoms with van der Waals surface area (Å²) >= 11 is 4.94. The van der Waals surface area contributed by atoms with E-state index in [-0.39, 0.29) is 12.6 Å². The molecule has 1 fully saturated rings. The van der Waals surface area contributed by atoms with Crippen molar-refractivity contribution >= 4 is 29.0 Å². The van der Waals surface area contributed by atoms with Gasteiger partial charge in [0, 0.05) is 18.3 Å². The number of anilines is 1. The maximum absolute atomic E-state index is 11.7. The van der Waals surface area contributed by atoms with Crippen LogP contribution in [0.5, 0.6) is 0 Å². The molecule has 1 aliphatic heterocycles. The van der Waals surface area contributed by atoms with E-state index in [9.17, 15) is 4.79 Å². The topological polar surface area (TPSA) is 77.7 Å². The molecule has 2 heterocycles. The molecule has 0 spiro atoms. The van der Waals surface area contributed by atoms with Gasteiger partial charge in [0.1, 0.15) is 10.8 Å². The van der Waals surface area contributed by atoms with Crippen LogP contribution in [0, 0.1) is 0 Å². The average molecular weight is 281 g/mol. The Labute approximate surface area is 116 Å². The molecule has 7 heteroatoms. The zero-order valence-electron chi connectivity index (χ0n) is 10.5. The van der Waals surface area contributed by atoms with Crippen molar-refractivity contribution in [2.75, 3.05) is 31.8 Å². The molecule has 1 unspecified atom stereocenters. The predicted octanol–water partition coefficient (Wildman–Crippen LogP) is 0.0940. The van der Waals surface area contributed by atoms with Gasteiger partial charge >= 0.3 is 5.97 Å². The first-order chi connectivity index (χ1) is 9.13. The van der Waals surface area contributed by atoms with Crippen LogP contribution in [0.3, 0.4) is 0 Å². The Morgan fingerprint density at radius 3 is 3.16 bits per heavy atom. The Kier molecular flexibility index (Phi) is 4.28. The third-order valence-electron chi connectivity index (χ3n) is 2.93. The van der Waals surface area contributed by atoms with E-state index < -0.39 is 6.04 Å². The first-order valence-electron chi connectivity index (χ1n) is 5.81. The van der Waals surface area contributed by atoms with Gasteiger partial charge in [0.25, 0.3) is 0 Å². The summed E-state index contributed by atoms with van der Waals surface area (Å²) in [6, 6.07) is 3.01. The van der Waals surface area contributed by atoms with Crippen molar-refractivity contribution in [2.45, 2.75) is 6.04 Å². The van der Waals surface area contributed by atoms with Gasteiger partial charge in [-0.15, -0.1) is 0 Å². The number of pyridine rings is 1. The van der Waals surface area contributed by atoms with Crippen LogP contribution in [0.4, 0.5) is 5.82 Å². The second kappa shape index (κ2) is 5.94. The molecule has 0 aliphatic carbocycles. The van der Waals surface area contributed by atoms with Crippen LogP contribution >= 0.6 is 12.2 Å². The lowest BCUT2D eigenvalue weighted by atomic mass is 10.2. The first kappa shape index (κ1) is 13.7. The molecule has 2 N–H and O–H groups in total. The maximum atomic E-state index is 11.7. The number of aromatic nitrogens is 1. The van der Waals surface area contributed by atoms with Gasteiger partial charge in [0.15, 0.2) is 6.04 Å². The van der Waals surface area contributed by atoms with Crippen LogP contribution in [0.2, 0.25) is 0 Å². The van der Waals surface area contributed by atoms with E-state index in [4.69, 9.17) is 27.4 Å². The number of hydrogen-bond donors (Lipinski definition) is 1. The molecule has 2 rings (SSSR count). The molecule has 102 valence electrons. The molecule has 1 aromatic heterocycles. The Morgan fingerprint density at radius 1 is 1.68 bits per heavy atom. The Balaban J connectivity index is 2.29. The molecule has 0 saturated carbocycles. The quantitative estimate of drug-likeness (QED) is 0.621. The van der Waals surface area contributed by atoms with Gasteiger partial charge < -0.3 is 20.1 Å². The molecule has 1 atom stereocenters. The number of carbonyl (C=O) groups is 1. The molecule has 1 aromatic rings. The van der Waals surface area contributed by atoms with Crippen LogP contribution in [0.1, 0.15) is 5.56 Å². The summed E-state index contributed by atoms with van der Waals surface area (Å²) in [7, 11) is 1.36. The van der Waals surface area contributed by atoms with Gasteiger partial charge in [0.05, 0.1) is 20.3 Å². The fourth-order valence-corrected chi connectivity index (χ4v) is 2.06. The highest BCUT2D eigenvalue weighted by molar-refractivity contribution is 7.80. The molecule has 19 heavy (non-hydrogen) atoms. The fraction of sp³-hybridized carbons (Fsp3) is 0.417. The highest BCUT2D eigenvalue weighted by Gasteiger charge is 2.31. The second-order valence-corrected chi connectivity index (χ2v) is 4.51. The SMILES string of the molecule is COC(=O)C1COCCN1c1cc(C(N)=S)ccn1. The van der Waals surface area contributed by atoms with Crippen molar-refractivity contribution in [1.29, 1.82) is 0 Å². The number of nitrogens with two attached hydrogens (primary N) is 1. The van der Waals surface area contributed by atoms with E-state index in [0.29, 0.717) is 24.0 Å². The number of esters is 1. The number of rotatable bonds is 3. The molecular formula is C12H15N3O3S. The number of thiocarbonyl (C=S) groups is 1. The summed E-state index contributed by atoms with van der Waals surface area (Å²) in [6.07, 6.45) is 1.62. The number of carbonyl (C=O) groups excluding carboxylic acids is 1. The Bertz CT molecular complexity index is 495. The standard InChI is InChI=1S/C12H15N3O3S/c1-17-12(16)9-7-18-5-4-15(9)10-6-8(11(13)19)2-3-14-10/h2-3,6,9H,4-5,7H2,1H3,(H2,13,19). The first-order valence-corrected chi connectivity index (χ1v) is 6.22. The van der Waals surface area contributed by atoms with E-state index >= 15 is 0 Å². The van der Waals surface area contributed by atoms with E-state index in [2.05, 4.69) is 4.98 Å². The zero-order chi connectivity index (χ0) is 13.8. The van der Waals surface area contributed by atoms with Crippen LogP contribution in [0.25, 0.3) is 0 Å². The number of hydrogen-bond acceptors (Lipinski definition) is 6. The van der Waals surface area contributed by atoms with Crippen molar-refractivity contribution in [3.8, 4) is 0 Å². The zero-order valence-corrected chi connectivity index (χ0v) is 11.4. The second-order valence-electron chi connectivity index (χ2n) is 4.07. The summed E-state index contributed by atoms with van der Waals surface area (Å²) < 4.78 is 10.1. The Hall–Kier alpha value is -1.73. The van der Waals surface area contributed by atoms with Crippen molar-refractivity contribution in [3.63, 3.8) is 0 Å². The van der Waals surface area contributed by atoms with E-state index in [1.54, 1.807) is 18.3 Å². The minimum absolute atomic E-state index is 0.283. The third-order valence-corrected chi connectivity index (χ3v) is 3.16. The third kappa shape index (κ3) is 2.99. The van der Waals surface area contributed by atoms with Crippen LogP contribution in [-0.4, -0.2) is 48.9 Å². The predicted molar refractivity (Wildman–Crippen MR) is 74.1 cm³/mol. The lowest BCUT2D eigenvalue weighted by Crippen LogP contribution is -2.51. The number of morpholine rings is 1. The monoisotopic (exact) mass is 281 g/mol. The van der Waals surface area contributed by atoms with Crippen LogP contribution < -0.4 is 10.6 Å². The van der Waals surface area contributed by atoms with Crippen molar-refractivity contribution < 1.29 is 14.3 Å². The van der Waals surface area contributed by atoms with Gasteiger partial charge in [-0.2, -0.15) is 0 Å². The van der Waals surface area contributed by atoms with Gasteiger partial charge in [-0.05, 0) is 12.1 Å². The van der Waals surface area contributed by atoms with Gasteiger partial charge in [0.2, 0.25) is 0 Å². The molecular weight excluding hydrogens is 266 g/mol. The van der Waals surface area contributed by atoms with Crippen molar-refractivity contribution in [3.05, 3.63) is 23.9 Å². The minimum atomic E-state index is -0.493. The van der Waals surface area contributed by atoms with Gasteiger partial charge in [-0.25, -0.2) is 9.78 Å². The molecule has 0 bridgehead atoms. The molecule has 1 saturated heterocycles. The minimum Gasteiger partial charge on any atom is -0.467 e. The summed E-state index contributed by atoms with van der Waals surface area (Å²) in [4.78, 5) is 18.1. The largest absolute Gasteiger partial charge is 0.467 e. The van der Waals surface area contributed by atoms with Crippen molar-refractivity contribution in [1.82, 2.24) is 4.98 Å². The molecule has 1 aliphatic rings. The summed E-state index contributed by atoms with van der Waals surface area (Å²) in [5.74, 6) is 0.297. The van der Waals surface area contributed by atoms with E-state index in [1.807, 2.05) is 4.90 Å². The van der Waals surface area contributed by atoms with E-state index in [1.165, 1.54) is 7.11 Å². The smallest absolute Gasteiger partial charge is 0.330 e. The normalized spacial score (nSPS) is 19.0. The summed E-state index contributed by atoms with van der Waals surface area (Å²) in [6.45, 7) is 1.38.